The van der Waals surface area contributed by atoms with Crippen molar-refractivity contribution >= 4 is 28.7 Å². The zero-order chi connectivity index (χ0) is 14.7. The first-order valence-corrected chi connectivity index (χ1v) is 7.28. The number of aliphatic imine (C=N–C) groups is 1. The van der Waals surface area contributed by atoms with E-state index in [1.54, 1.807) is 11.8 Å². The Morgan fingerprint density at radius 2 is 2.24 bits per heavy atom. The topological polar surface area (TPSA) is 92.3 Å². The molecule has 1 atom stereocenters. The Bertz CT molecular complexity index is 670. The third-order valence-corrected chi connectivity index (χ3v) is 3.96. The molecule has 1 unspecified atom stereocenters. The van der Waals surface area contributed by atoms with Gasteiger partial charge in [0.1, 0.15) is 6.04 Å². The van der Waals surface area contributed by atoms with Crippen LogP contribution in [0.25, 0.3) is 0 Å². The highest BCUT2D eigenvalue weighted by atomic mass is 32.2. The van der Waals surface area contributed by atoms with Crippen molar-refractivity contribution in [1.82, 2.24) is 15.2 Å². The van der Waals surface area contributed by atoms with Crippen molar-refractivity contribution in [1.29, 1.82) is 0 Å². The first-order valence-electron chi connectivity index (χ1n) is 6.29. The molecule has 3 rings (SSSR count). The van der Waals surface area contributed by atoms with Gasteiger partial charge in [-0.25, -0.2) is 5.10 Å². The van der Waals surface area contributed by atoms with Crippen molar-refractivity contribution in [2.75, 3.05) is 18.2 Å². The second-order valence-corrected chi connectivity index (χ2v) is 5.30. The molecule has 1 aromatic heterocycles. The predicted octanol–water partition coefficient (Wildman–Crippen LogP) is 1.31. The normalized spacial score (nSPS) is 17.4. The molecule has 2 N–H and O–H groups in total. The number of anilines is 1. The van der Waals surface area contributed by atoms with Crippen LogP contribution in [-0.4, -0.2) is 45.0 Å². The van der Waals surface area contributed by atoms with Gasteiger partial charge in [-0.2, -0.15) is 4.98 Å². The lowest BCUT2D eigenvalue weighted by Crippen LogP contribution is -2.27. The molecule has 8 heteroatoms. The quantitative estimate of drug-likeness (QED) is 0.888. The highest BCUT2D eigenvalue weighted by Gasteiger charge is 2.26. The highest BCUT2D eigenvalue weighted by Crippen LogP contribution is 2.24. The molecule has 0 bridgehead atoms. The van der Waals surface area contributed by atoms with E-state index in [1.807, 2.05) is 30.3 Å². The van der Waals surface area contributed by atoms with Gasteiger partial charge in [-0.05, 0) is 0 Å². The summed E-state index contributed by atoms with van der Waals surface area (Å²) in [5.41, 5.74) is 1.03. The average molecular weight is 303 g/mol. The van der Waals surface area contributed by atoms with Crippen LogP contribution in [0.4, 0.5) is 5.95 Å². The number of benzene rings is 1. The molecule has 0 saturated carbocycles. The van der Waals surface area contributed by atoms with Crippen molar-refractivity contribution in [3.63, 3.8) is 0 Å². The predicted molar refractivity (Wildman–Crippen MR) is 80.8 cm³/mol. The number of carbonyl (C=O) groups is 1. The molecule has 1 aliphatic rings. The summed E-state index contributed by atoms with van der Waals surface area (Å²) in [7, 11) is 1.46. The third kappa shape index (κ3) is 3.05. The Morgan fingerprint density at radius 1 is 1.43 bits per heavy atom. The number of aromatic nitrogens is 3. The van der Waals surface area contributed by atoms with Gasteiger partial charge in [0.15, 0.2) is 0 Å². The summed E-state index contributed by atoms with van der Waals surface area (Å²) >= 11 is 1.57. The van der Waals surface area contributed by atoms with Gasteiger partial charge in [0, 0.05) is 11.3 Å². The Kier molecular flexibility index (Phi) is 3.87. The molecular weight excluding hydrogens is 290 g/mol. The average Bonchev–Trinajstić information content (AvgIpc) is 3.17. The van der Waals surface area contributed by atoms with Crippen LogP contribution in [-0.2, 0) is 4.79 Å². The second-order valence-electron chi connectivity index (χ2n) is 4.29. The second kappa shape index (κ2) is 5.96. The van der Waals surface area contributed by atoms with Gasteiger partial charge in [-0.1, -0.05) is 30.3 Å². The number of methoxy groups -OCH3 is 1. The number of ether oxygens (including phenoxy) is 1. The number of H-pyrrole nitrogens is 1. The molecule has 0 saturated heterocycles. The highest BCUT2D eigenvalue weighted by molar-refractivity contribution is 8.14. The largest absolute Gasteiger partial charge is 0.466 e. The van der Waals surface area contributed by atoms with E-state index in [4.69, 9.17) is 4.74 Å². The fourth-order valence-corrected chi connectivity index (χ4v) is 2.89. The molecule has 0 aliphatic carbocycles. The lowest BCUT2D eigenvalue weighted by atomic mass is 10.2. The molecular formula is C13H13N5O2S. The lowest BCUT2D eigenvalue weighted by molar-refractivity contribution is -0.116. The van der Waals surface area contributed by atoms with E-state index in [9.17, 15) is 4.79 Å². The first-order chi connectivity index (χ1) is 10.3. The minimum Gasteiger partial charge on any atom is -0.466 e. The van der Waals surface area contributed by atoms with E-state index < -0.39 is 6.04 Å². The molecule has 2 heterocycles. The van der Waals surface area contributed by atoms with E-state index in [2.05, 4.69) is 25.5 Å². The van der Waals surface area contributed by atoms with E-state index in [0.29, 0.717) is 5.75 Å². The van der Waals surface area contributed by atoms with Gasteiger partial charge in [0.05, 0.1) is 12.2 Å². The lowest BCUT2D eigenvalue weighted by Gasteiger charge is -2.04. The van der Waals surface area contributed by atoms with Gasteiger partial charge in [0.2, 0.25) is 5.95 Å². The molecule has 7 nitrogen and oxygen atoms in total. The number of hydrogen-bond acceptors (Lipinski definition) is 6. The van der Waals surface area contributed by atoms with Crippen molar-refractivity contribution in [3.8, 4) is 6.01 Å². The number of thioether (sulfide) groups is 1. The van der Waals surface area contributed by atoms with Crippen LogP contribution < -0.4 is 10.1 Å². The summed E-state index contributed by atoms with van der Waals surface area (Å²) in [5, 5.41) is 9.87. The molecule has 1 amide bonds. The number of aromatic amines is 1. The fraction of sp³-hybridized carbons (Fsp3) is 0.231. The molecule has 1 aliphatic heterocycles. The minimum atomic E-state index is -0.429. The van der Waals surface area contributed by atoms with Gasteiger partial charge >= 0.3 is 6.01 Å². The summed E-state index contributed by atoms with van der Waals surface area (Å²) in [6, 6.07) is 9.56. The number of carbonyl (C=O) groups excluding carboxylic acids is 1. The van der Waals surface area contributed by atoms with Gasteiger partial charge < -0.3 is 4.74 Å². The standard InChI is InChI=1S/C13H13N5O2S/c1-20-13-16-12(17-18-13)15-10(19)9-7-21-11(14-9)8-5-3-2-4-6-8/h2-6,9H,7H2,1H3,(H2,15,16,17,18,19). The summed E-state index contributed by atoms with van der Waals surface area (Å²) in [6.07, 6.45) is 0. The van der Waals surface area contributed by atoms with Gasteiger partial charge in [0.25, 0.3) is 5.91 Å². The van der Waals surface area contributed by atoms with Crippen LogP contribution in [0.3, 0.4) is 0 Å². The minimum absolute atomic E-state index is 0.180. The zero-order valence-corrected chi connectivity index (χ0v) is 12.1. The van der Waals surface area contributed by atoms with Crippen LogP contribution in [0, 0.1) is 0 Å². The van der Waals surface area contributed by atoms with E-state index in [0.717, 1.165) is 10.6 Å². The van der Waals surface area contributed by atoms with Crippen LogP contribution in [0.5, 0.6) is 6.01 Å². The number of nitrogens with zero attached hydrogens (tertiary/aromatic N) is 3. The fourth-order valence-electron chi connectivity index (χ4n) is 1.84. The maximum Gasteiger partial charge on any atom is 0.336 e. The maximum atomic E-state index is 12.1. The van der Waals surface area contributed by atoms with Gasteiger partial charge in [-0.15, -0.1) is 16.9 Å². The Balaban J connectivity index is 1.67. The van der Waals surface area contributed by atoms with Crippen LogP contribution in [0.1, 0.15) is 5.56 Å². The number of nitrogens with one attached hydrogen (secondary N) is 2. The van der Waals surface area contributed by atoms with E-state index >= 15 is 0 Å². The molecule has 0 spiro atoms. The molecule has 2 aromatic rings. The summed E-state index contributed by atoms with van der Waals surface area (Å²) < 4.78 is 4.84. The summed E-state index contributed by atoms with van der Waals surface area (Å²) in [5.74, 6) is 0.652. The van der Waals surface area contributed by atoms with Crippen LogP contribution in [0.2, 0.25) is 0 Å². The molecule has 21 heavy (non-hydrogen) atoms. The SMILES string of the molecule is COc1n[nH]c(NC(=O)C2CSC(c3ccccc3)=N2)n1. The van der Waals surface area contributed by atoms with Crippen molar-refractivity contribution in [3.05, 3.63) is 35.9 Å². The Morgan fingerprint density at radius 3 is 2.95 bits per heavy atom. The molecule has 0 fully saturated rings. The smallest absolute Gasteiger partial charge is 0.336 e. The molecule has 108 valence electrons. The van der Waals surface area contributed by atoms with Crippen molar-refractivity contribution in [2.45, 2.75) is 6.04 Å². The Hall–Kier alpha value is -2.35. The zero-order valence-electron chi connectivity index (χ0n) is 11.2. The van der Waals surface area contributed by atoms with Crippen molar-refractivity contribution < 1.29 is 9.53 Å². The third-order valence-electron chi connectivity index (χ3n) is 2.86. The molecule has 0 radical (unpaired) electrons. The number of amides is 1. The Labute approximate surface area is 125 Å². The summed E-state index contributed by atoms with van der Waals surface area (Å²) in [6.45, 7) is 0. The maximum absolute atomic E-state index is 12.1. The summed E-state index contributed by atoms with van der Waals surface area (Å²) in [4.78, 5) is 20.5. The monoisotopic (exact) mass is 303 g/mol. The van der Waals surface area contributed by atoms with Crippen LogP contribution >= 0.6 is 11.8 Å². The van der Waals surface area contributed by atoms with Crippen LogP contribution in [0.15, 0.2) is 35.3 Å². The molecule has 1 aromatic carbocycles. The van der Waals surface area contributed by atoms with E-state index in [-0.39, 0.29) is 17.9 Å². The first kappa shape index (κ1) is 13.6. The van der Waals surface area contributed by atoms with E-state index in [1.165, 1.54) is 7.11 Å². The number of hydrogen-bond donors (Lipinski definition) is 2. The van der Waals surface area contributed by atoms with Crippen molar-refractivity contribution in [2.24, 2.45) is 4.99 Å². The number of rotatable bonds is 4. The van der Waals surface area contributed by atoms with Gasteiger partial charge in [-0.3, -0.25) is 15.1 Å².